The number of ketones is 1. The van der Waals surface area contributed by atoms with Gasteiger partial charge >= 0.3 is 5.97 Å². The van der Waals surface area contributed by atoms with Crippen LogP contribution in [0.5, 0.6) is 0 Å². The molecular weight excluding hydrogens is 280 g/mol. The molecule has 1 aliphatic rings. The van der Waals surface area contributed by atoms with E-state index in [-0.39, 0.29) is 23.7 Å². The van der Waals surface area contributed by atoms with E-state index in [1.54, 1.807) is 44.2 Å². The topological polar surface area (TPSA) is 52.6 Å². The Kier molecular flexibility index (Phi) is 4.25. The van der Waals surface area contributed by atoms with Crippen molar-refractivity contribution in [3.05, 3.63) is 51.9 Å². The third kappa shape index (κ3) is 2.91. The molecule has 0 radical (unpaired) electrons. The number of benzene rings is 1. The second-order valence-electron chi connectivity index (χ2n) is 4.14. The molecule has 4 nitrogen and oxygen atoms in total. The molecule has 0 amide bonds. The number of hydrogen-bond acceptors (Lipinski definition) is 4. The normalized spacial score (nSPS) is 16.6. The smallest absolute Gasteiger partial charge is 0.345 e. The summed E-state index contributed by atoms with van der Waals surface area (Å²) in [4.78, 5) is 23.8. The molecule has 2 rings (SSSR count). The van der Waals surface area contributed by atoms with E-state index in [1.165, 1.54) is 0 Å². The van der Waals surface area contributed by atoms with Gasteiger partial charge in [0.25, 0.3) is 0 Å². The van der Waals surface area contributed by atoms with Crippen LogP contribution in [0.25, 0.3) is 6.08 Å². The third-order valence-electron chi connectivity index (χ3n) is 2.71. The number of Topliss-reactive ketones (excluding diaryl/α,β-unsaturated/α-hetero) is 1. The van der Waals surface area contributed by atoms with Crippen molar-refractivity contribution in [1.82, 2.24) is 0 Å². The molecule has 1 aromatic rings. The van der Waals surface area contributed by atoms with Gasteiger partial charge in [0.1, 0.15) is 11.3 Å². The zero-order chi connectivity index (χ0) is 14.7. The minimum atomic E-state index is -0.658. The number of carbonyl (C=O) groups excluding carboxylic acids is 2. The number of allylic oxidation sites excluding steroid dienone is 2. The molecule has 1 aromatic carbocycles. The highest BCUT2D eigenvalue weighted by Gasteiger charge is 2.34. The van der Waals surface area contributed by atoms with Gasteiger partial charge in [-0.15, -0.1) is 0 Å². The molecule has 0 N–H and O–H groups in total. The maximum absolute atomic E-state index is 12.1. The van der Waals surface area contributed by atoms with Crippen molar-refractivity contribution in [3.63, 3.8) is 0 Å². The summed E-state index contributed by atoms with van der Waals surface area (Å²) in [6.45, 7) is 3.45. The van der Waals surface area contributed by atoms with E-state index in [0.29, 0.717) is 5.02 Å². The lowest BCUT2D eigenvalue weighted by Crippen LogP contribution is -2.14. The van der Waals surface area contributed by atoms with Crippen LogP contribution in [0.2, 0.25) is 5.02 Å². The molecule has 5 heteroatoms. The summed E-state index contributed by atoms with van der Waals surface area (Å²) in [6.07, 6.45) is 1.56. The monoisotopic (exact) mass is 292 g/mol. The molecule has 0 atom stereocenters. The molecule has 1 heterocycles. The Balaban J connectivity index is 2.24. The number of hydrogen-bond donors (Lipinski definition) is 0. The Morgan fingerprint density at radius 1 is 1.35 bits per heavy atom. The number of carbonyl (C=O) groups is 2. The van der Waals surface area contributed by atoms with Gasteiger partial charge in [0.15, 0.2) is 5.76 Å². The first-order chi connectivity index (χ1) is 9.52. The van der Waals surface area contributed by atoms with Crippen LogP contribution in [0.1, 0.15) is 19.4 Å². The van der Waals surface area contributed by atoms with Crippen molar-refractivity contribution >= 4 is 29.4 Å². The molecule has 104 valence electrons. The van der Waals surface area contributed by atoms with Gasteiger partial charge in [-0.25, -0.2) is 4.79 Å². The lowest BCUT2D eigenvalue weighted by Gasteiger charge is -1.99. The molecule has 0 unspecified atom stereocenters. The van der Waals surface area contributed by atoms with E-state index in [0.717, 1.165) is 5.56 Å². The molecule has 20 heavy (non-hydrogen) atoms. The Bertz CT molecular complexity index is 611. The Morgan fingerprint density at radius 3 is 2.60 bits per heavy atom. The van der Waals surface area contributed by atoms with Crippen LogP contribution in [0.15, 0.2) is 41.4 Å². The average Bonchev–Trinajstić information content (AvgIpc) is 2.67. The minimum absolute atomic E-state index is 0.0490. The number of esters is 1. The van der Waals surface area contributed by atoms with Crippen LogP contribution in [-0.4, -0.2) is 18.4 Å². The Labute approximate surface area is 121 Å². The van der Waals surface area contributed by atoms with Gasteiger partial charge in [-0.1, -0.05) is 23.7 Å². The largest absolute Gasteiger partial charge is 0.462 e. The Hall–Kier alpha value is -2.07. The second kappa shape index (κ2) is 5.92. The van der Waals surface area contributed by atoms with Gasteiger partial charge < -0.3 is 9.47 Å². The average molecular weight is 293 g/mol. The van der Waals surface area contributed by atoms with Crippen LogP contribution in [0.4, 0.5) is 0 Å². The van der Waals surface area contributed by atoms with Crippen molar-refractivity contribution in [2.75, 3.05) is 6.61 Å². The molecule has 0 aliphatic carbocycles. The number of halogens is 1. The van der Waals surface area contributed by atoms with E-state index in [1.807, 2.05) is 0 Å². The molecule has 0 aromatic heterocycles. The van der Waals surface area contributed by atoms with Gasteiger partial charge in [-0.05, 0) is 37.6 Å². The predicted molar refractivity (Wildman–Crippen MR) is 74.9 cm³/mol. The van der Waals surface area contributed by atoms with Gasteiger partial charge in [0.05, 0.1) is 6.61 Å². The molecule has 0 saturated carbocycles. The SMILES string of the molecule is CCOC(=O)C1=C(C)O/C(=C\c2ccc(Cl)cc2)C1=O. The van der Waals surface area contributed by atoms with Crippen molar-refractivity contribution < 1.29 is 19.1 Å². The first-order valence-corrected chi connectivity index (χ1v) is 6.48. The number of ether oxygens (including phenoxy) is 2. The van der Waals surface area contributed by atoms with E-state index in [4.69, 9.17) is 21.1 Å². The highest BCUT2D eigenvalue weighted by Crippen LogP contribution is 2.27. The van der Waals surface area contributed by atoms with Crippen LogP contribution in [-0.2, 0) is 19.1 Å². The summed E-state index contributed by atoms with van der Waals surface area (Å²) in [5.41, 5.74) is 0.711. The fourth-order valence-corrected chi connectivity index (χ4v) is 1.92. The highest BCUT2D eigenvalue weighted by molar-refractivity contribution is 6.30. The summed E-state index contributed by atoms with van der Waals surface area (Å²) in [6, 6.07) is 6.92. The number of rotatable bonds is 3. The molecular formula is C15H13ClO4. The molecule has 0 saturated heterocycles. The van der Waals surface area contributed by atoms with Crippen LogP contribution in [0.3, 0.4) is 0 Å². The zero-order valence-electron chi connectivity index (χ0n) is 11.1. The van der Waals surface area contributed by atoms with Gasteiger partial charge in [0.2, 0.25) is 5.78 Å². The van der Waals surface area contributed by atoms with Gasteiger partial charge in [-0.3, -0.25) is 4.79 Å². The van der Waals surface area contributed by atoms with Crippen LogP contribution >= 0.6 is 11.6 Å². The second-order valence-corrected chi connectivity index (χ2v) is 4.58. The summed E-state index contributed by atoms with van der Waals surface area (Å²) in [5.74, 6) is -0.757. The molecule has 0 fully saturated rings. The van der Waals surface area contributed by atoms with Gasteiger partial charge in [0, 0.05) is 5.02 Å². The predicted octanol–water partition coefficient (Wildman–Crippen LogP) is 3.12. The molecule has 1 aliphatic heterocycles. The maximum Gasteiger partial charge on any atom is 0.345 e. The van der Waals surface area contributed by atoms with Crippen molar-refractivity contribution in [2.45, 2.75) is 13.8 Å². The summed E-state index contributed by atoms with van der Waals surface area (Å²) in [7, 11) is 0. The van der Waals surface area contributed by atoms with E-state index in [9.17, 15) is 9.59 Å². The van der Waals surface area contributed by atoms with E-state index < -0.39 is 11.8 Å². The van der Waals surface area contributed by atoms with E-state index in [2.05, 4.69) is 0 Å². The van der Waals surface area contributed by atoms with Crippen molar-refractivity contribution in [2.24, 2.45) is 0 Å². The molecule has 0 bridgehead atoms. The van der Waals surface area contributed by atoms with Crippen LogP contribution in [0, 0.1) is 0 Å². The van der Waals surface area contributed by atoms with Crippen molar-refractivity contribution in [3.8, 4) is 0 Å². The van der Waals surface area contributed by atoms with Gasteiger partial charge in [-0.2, -0.15) is 0 Å². The first-order valence-electron chi connectivity index (χ1n) is 6.10. The zero-order valence-corrected chi connectivity index (χ0v) is 11.9. The highest BCUT2D eigenvalue weighted by atomic mass is 35.5. The lowest BCUT2D eigenvalue weighted by molar-refractivity contribution is -0.139. The quantitative estimate of drug-likeness (QED) is 0.488. The minimum Gasteiger partial charge on any atom is -0.462 e. The van der Waals surface area contributed by atoms with Crippen molar-refractivity contribution in [1.29, 1.82) is 0 Å². The maximum atomic E-state index is 12.1. The third-order valence-corrected chi connectivity index (χ3v) is 2.97. The summed E-state index contributed by atoms with van der Waals surface area (Å²) >= 11 is 5.79. The standard InChI is InChI=1S/C15H13ClO4/c1-3-19-15(18)13-9(2)20-12(14(13)17)8-10-4-6-11(16)7-5-10/h4-8H,3H2,1-2H3/b12-8-. The summed E-state index contributed by atoms with van der Waals surface area (Å²) in [5, 5.41) is 0.604. The lowest BCUT2D eigenvalue weighted by atomic mass is 10.1. The fraction of sp³-hybridized carbons (Fsp3) is 0.200. The van der Waals surface area contributed by atoms with E-state index >= 15 is 0 Å². The Morgan fingerprint density at radius 2 is 2.00 bits per heavy atom. The first kappa shape index (κ1) is 14.3. The summed E-state index contributed by atoms with van der Waals surface area (Å²) < 4.78 is 10.2. The molecule has 0 spiro atoms. The van der Waals surface area contributed by atoms with Crippen LogP contribution < -0.4 is 0 Å². The fourth-order valence-electron chi connectivity index (χ4n) is 1.79.